The Bertz CT molecular complexity index is 1280. The summed E-state index contributed by atoms with van der Waals surface area (Å²) in [6.07, 6.45) is 3.28. The zero-order chi connectivity index (χ0) is 24.7. The fourth-order valence-electron chi connectivity index (χ4n) is 5.77. The lowest BCUT2D eigenvalue weighted by Crippen LogP contribution is -2.52. The molecule has 3 aliphatic rings. The van der Waals surface area contributed by atoms with Crippen LogP contribution in [-0.4, -0.2) is 42.2 Å². The smallest absolute Gasteiger partial charge is 0.269 e. The lowest BCUT2D eigenvalue weighted by atomic mass is 9.90. The largest absolute Gasteiger partial charge is 0.295 e. The van der Waals surface area contributed by atoms with Gasteiger partial charge in [0.25, 0.3) is 5.91 Å². The summed E-state index contributed by atoms with van der Waals surface area (Å²) in [4.78, 5) is 31.9. The van der Waals surface area contributed by atoms with Gasteiger partial charge in [-0.1, -0.05) is 48.5 Å². The number of halogens is 1. The summed E-state index contributed by atoms with van der Waals surface area (Å²) < 4.78 is 13.6. The molecule has 2 fully saturated rings. The quantitative estimate of drug-likeness (QED) is 0.493. The van der Waals surface area contributed by atoms with E-state index < -0.39 is 4.87 Å². The van der Waals surface area contributed by atoms with Gasteiger partial charge in [-0.15, -0.1) is 11.8 Å². The van der Waals surface area contributed by atoms with Crippen LogP contribution in [0.4, 0.5) is 15.8 Å². The number of benzene rings is 3. The van der Waals surface area contributed by atoms with Gasteiger partial charge >= 0.3 is 0 Å². The van der Waals surface area contributed by atoms with Gasteiger partial charge in [0.15, 0.2) is 0 Å². The second-order valence-corrected chi connectivity index (χ2v) is 10.9. The van der Waals surface area contributed by atoms with Gasteiger partial charge in [0.2, 0.25) is 10.8 Å². The first-order chi connectivity index (χ1) is 17.6. The second-order valence-electron chi connectivity index (χ2n) is 9.78. The molecular weight excluding hydrogens is 473 g/mol. The van der Waals surface area contributed by atoms with Gasteiger partial charge in [-0.25, -0.2) is 4.39 Å². The van der Waals surface area contributed by atoms with E-state index in [1.165, 1.54) is 29.5 Å². The van der Waals surface area contributed by atoms with Gasteiger partial charge in [0.1, 0.15) is 5.82 Å². The predicted octanol–water partition coefficient (Wildman–Crippen LogP) is 5.02. The molecule has 3 heterocycles. The van der Waals surface area contributed by atoms with Crippen LogP contribution in [0, 0.1) is 11.7 Å². The molecule has 3 aromatic carbocycles. The lowest BCUT2D eigenvalue weighted by molar-refractivity contribution is -0.124. The number of piperidine rings is 1. The molecular formula is C29H28FN3O2S. The van der Waals surface area contributed by atoms with Crippen molar-refractivity contribution < 1.29 is 14.0 Å². The number of para-hydroxylation sites is 1. The SMILES string of the molecule is O=C1CS[C@]2(C(=O)N(CN3CCC(Cc4ccccc4)CC3)c3ccccc32)N1c1ccc(F)cc1. The zero-order valence-electron chi connectivity index (χ0n) is 20.0. The van der Waals surface area contributed by atoms with Crippen molar-refractivity contribution in [2.75, 3.05) is 35.3 Å². The second kappa shape index (κ2) is 9.37. The predicted molar refractivity (Wildman–Crippen MR) is 141 cm³/mol. The van der Waals surface area contributed by atoms with Gasteiger partial charge in [-0.2, -0.15) is 0 Å². The Morgan fingerprint density at radius 3 is 2.33 bits per heavy atom. The van der Waals surface area contributed by atoms with E-state index in [2.05, 4.69) is 35.2 Å². The Balaban J connectivity index is 1.24. The molecule has 0 N–H and O–H groups in total. The maximum Gasteiger partial charge on any atom is 0.269 e. The standard InChI is InChI=1S/C29H28FN3O2S/c30-23-10-12-24(13-11-23)33-27(34)19-36-29(33)25-8-4-5-9-26(25)32(28(29)35)20-31-16-14-22(15-17-31)18-21-6-2-1-3-7-21/h1-13,22H,14-20H2/t29-/m1/s1. The first-order valence-corrected chi connectivity index (χ1v) is 13.4. The van der Waals surface area contributed by atoms with Crippen LogP contribution >= 0.6 is 11.8 Å². The van der Waals surface area contributed by atoms with Crippen LogP contribution in [0.5, 0.6) is 0 Å². The van der Waals surface area contributed by atoms with Crippen molar-refractivity contribution >= 4 is 35.0 Å². The number of fused-ring (bicyclic) bond motifs is 2. The number of nitrogens with zero attached hydrogens (tertiary/aromatic N) is 3. The average Bonchev–Trinajstić information content (AvgIpc) is 3.37. The molecule has 0 saturated carbocycles. The Kier molecular flexibility index (Phi) is 6.05. The number of hydrogen-bond acceptors (Lipinski definition) is 4. The monoisotopic (exact) mass is 501 g/mol. The third kappa shape index (κ3) is 3.91. The van der Waals surface area contributed by atoms with E-state index in [0.717, 1.165) is 43.6 Å². The molecule has 0 radical (unpaired) electrons. The van der Waals surface area contributed by atoms with Crippen LogP contribution in [0.2, 0.25) is 0 Å². The molecule has 6 rings (SSSR count). The molecule has 7 heteroatoms. The maximum absolute atomic E-state index is 14.2. The van der Waals surface area contributed by atoms with Gasteiger partial charge in [0, 0.05) is 24.3 Å². The Labute approximate surface area is 214 Å². The summed E-state index contributed by atoms with van der Waals surface area (Å²) in [5.74, 6) is 0.237. The maximum atomic E-state index is 14.2. The van der Waals surface area contributed by atoms with Crippen molar-refractivity contribution in [1.29, 1.82) is 0 Å². The van der Waals surface area contributed by atoms with E-state index in [9.17, 15) is 14.0 Å². The molecule has 1 spiro atoms. The zero-order valence-corrected chi connectivity index (χ0v) is 20.8. The van der Waals surface area contributed by atoms with Crippen LogP contribution in [0.3, 0.4) is 0 Å². The van der Waals surface area contributed by atoms with Gasteiger partial charge in [-0.05, 0) is 61.1 Å². The van der Waals surface area contributed by atoms with Crippen molar-refractivity contribution in [3.8, 4) is 0 Å². The Morgan fingerprint density at radius 2 is 1.58 bits per heavy atom. The fraction of sp³-hybridized carbons (Fsp3) is 0.310. The highest BCUT2D eigenvalue weighted by Gasteiger charge is 2.61. The number of thioether (sulfide) groups is 1. The molecule has 3 aliphatic heterocycles. The number of likely N-dealkylation sites (tertiary alicyclic amines) is 1. The van der Waals surface area contributed by atoms with Crippen molar-refractivity contribution in [2.24, 2.45) is 5.92 Å². The van der Waals surface area contributed by atoms with Gasteiger partial charge in [0.05, 0.1) is 18.1 Å². The van der Waals surface area contributed by atoms with E-state index in [4.69, 9.17) is 0 Å². The number of anilines is 2. The van der Waals surface area contributed by atoms with Crippen LogP contribution in [0.25, 0.3) is 0 Å². The molecule has 2 amide bonds. The third-order valence-corrected chi connectivity index (χ3v) is 8.95. The van der Waals surface area contributed by atoms with Crippen molar-refractivity contribution in [3.05, 3.63) is 95.8 Å². The van der Waals surface area contributed by atoms with Gasteiger partial charge < -0.3 is 0 Å². The first kappa shape index (κ1) is 23.3. The Hall–Kier alpha value is -3.16. The highest BCUT2D eigenvalue weighted by atomic mass is 32.2. The summed E-state index contributed by atoms with van der Waals surface area (Å²) >= 11 is 1.36. The number of carbonyl (C=O) groups is 2. The molecule has 5 nitrogen and oxygen atoms in total. The summed E-state index contributed by atoms with van der Waals surface area (Å²) in [5, 5.41) is 0. The van der Waals surface area contributed by atoms with E-state index in [0.29, 0.717) is 18.3 Å². The lowest BCUT2D eigenvalue weighted by Gasteiger charge is -2.36. The van der Waals surface area contributed by atoms with E-state index in [1.807, 2.05) is 29.2 Å². The van der Waals surface area contributed by atoms with Gasteiger partial charge in [-0.3, -0.25) is 24.3 Å². The molecule has 184 valence electrons. The number of carbonyl (C=O) groups excluding carboxylic acids is 2. The van der Waals surface area contributed by atoms with E-state index in [-0.39, 0.29) is 23.4 Å². The highest BCUT2D eigenvalue weighted by Crippen LogP contribution is 2.55. The molecule has 0 aliphatic carbocycles. The van der Waals surface area contributed by atoms with Crippen molar-refractivity contribution in [3.63, 3.8) is 0 Å². The molecule has 1 atom stereocenters. The van der Waals surface area contributed by atoms with E-state index in [1.54, 1.807) is 17.0 Å². The fourth-order valence-corrected chi connectivity index (χ4v) is 7.12. The number of hydrogen-bond donors (Lipinski definition) is 0. The van der Waals surface area contributed by atoms with Crippen molar-refractivity contribution in [2.45, 2.75) is 24.1 Å². The Morgan fingerprint density at radius 1 is 0.889 bits per heavy atom. The minimum absolute atomic E-state index is 0.102. The van der Waals surface area contributed by atoms with E-state index >= 15 is 0 Å². The third-order valence-electron chi connectivity index (χ3n) is 7.56. The minimum Gasteiger partial charge on any atom is -0.295 e. The van der Waals surface area contributed by atoms with Crippen LogP contribution in [0.15, 0.2) is 78.9 Å². The summed E-state index contributed by atoms with van der Waals surface area (Å²) in [6.45, 7) is 2.37. The number of amides is 2. The molecule has 2 saturated heterocycles. The van der Waals surface area contributed by atoms with Crippen LogP contribution in [0.1, 0.15) is 24.0 Å². The topological polar surface area (TPSA) is 43.9 Å². The first-order valence-electron chi connectivity index (χ1n) is 12.5. The molecule has 0 unspecified atom stereocenters. The number of rotatable bonds is 5. The van der Waals surface area contributed by atoms with Crippen LogP contribution in [-0.2, 0) is 20.9 Å². The summed E-state index contributed by atoms with van der Waals surface area (Å²) in [6, 6.07) is 24.2. The van der Waals surface area contributed by atoms with Crippen molar-refractivity contribution in [1.82, 2.24) is 4.90 Å². The minimum atomic E-state index is -1.16. The molecule has 36 heavy (non-hydrogen) atoms. The molecule has 0 bridgehead atoms. The highest BCUT2D eigenvalue weighted by molar-refractivity contribution is 8.02. The molecule has 3 aromatic rings. The summed E-state index contributed by atoms with van der Waals surface area (Å²) in [5.41, 5.74) is 3.60. The van der Waals surface area contributed by atoms with Crippen LogP contribution < -0.4 is 9.80 Å². The summed E-state index contributed by atoms with van der Waals surface area (Å²) in [7, 11) is 0. The average molecular weight is 502 g/mol. The normalized spacial score (nSPS) is 22.6. The molecule has 0 aromatic heterocycles.